The quantitative estimate of drug-likeness (QED) is 0.491. The van der Waals surface area contributed by atoms with Crippen LogP contribution in [0.3, 0.4) is 0 Å². The fourth-order valence-electron chi connectivity index (χ4n) is 2.27. The summed E-state index contributed by atoms with van der Waals surface area (Å²) in [5, 5.41) is 19.6. The highest BCUT2D eigenvalue weighted by Gasteiger charge is 2.63. The lowest BCUT2D eigenvalue weighted by molar-refractivity contribution is -0.182. The van der Waals surface area contributed by atoms with Crippen LogP contribution in [0.1, 0.15) is 0 Å². The monoisotopic (exact) mass is 344 g/mol. The number of tetrazole rings is 1. The van der Waals surface area contributed by atoms with Gasteiger partial charge in [-0.3, -0.25) is 15.4 Å². The van der Waals surface area contributed by atoms with E-state index < -0.39 is 23.0 Å². The highest BCUT2D eigenvalue weighted by molar-refractivity contribution is 8.00. The van der Waals surface area contributed by atoms with Crippen LogP contribution in [0.25, 0.3) is 0 Å². The van der Waals surface area contributed by atoms with Crippen molar-refractivity contribution in [1.29, 1.82) is 0 Å². The molecule has 2 aliphatic rings. The van der Waals surface area contributed by atoms with Crippen LogP contribution >= 0.6 is 23.7 Å². The molecule has 0 bridgehead atoms. The number of amides is 1. The van der Waals surface area contributed by atoms with Gasteiger partial charge in [-0.2, -0.15) is 4.09 Å². The van der Waals surface area contributed by atoms with Crippen LogP contribution in [0.2, 0.25) is 0 Å². The zero-order valence-corrected chi connectivity index (χ0v) is 13.0. The molecule has 2 aliphatic heterocycles. The van der Waals surface area contributed by atoms with Crippen LogP contribution < -0.4 is 5.73 Å². The number of nitrogens with zero attached hydrogens (tertiary/aromatic N) is 5. The van der Waals surface area contributed by atoms with E-state index in [2.05, 4.69) is 15.5 Å². The molecule has 12 heteroatoms. The Kier molecular flexibility index (Phi) is 3.84. The average molecular weight is 344 g/mol. The van der Waals surface area contributed by atoms with Crippen LogP contribution in [0.5, 0.6) is 0 Å². The van der Waals surface area contributed by atoms with Gasteiger partial charge in [0.05, 0.1) is 0 Å². The van der Waals surface area contributed by atoms with Gasteiger partial charge >= 0.3 is 5.97 Å². The summed E-state index contributed by atoms with van der Waals surface area (Å²) >= 11 is 2.61. The van der Waals surface area contributed by atoms with Crippen molar-refractivity contribution >= 4 is 35.6 Å². The number of aliphatic carboxylic acids is 1. The summed E-state index contributed by atoms with van der Waals surface area (Å²) in [6.07, 6.45) is 1.41. The van der Waals surface area contributed by atoms with Gasteiger partial charge in [-0.25, -0.2) is 4.79 Å². The molecule has 1 unspecified atom stereocenters. The third-order valence-electron chi connectivity index (χ3n) is 3.39. The van der Waals surface area contributed by atoms with Gasteiger partial charge in [-0.15, -0.1) is 16.9 Å². The summed E-state index contributed by atoms with van der Waals surface area (Å²) in [6, 6.07) is 0. The number of rotatable bonds is 5. The molecule has 0 aromatic carbocycles. The number of hydrogen-bond acceptors (Lipinski definition) is 9. The Bertz CT molecular complexity index is 650. The minimum Gasteiger partial charge on any atom is -0.477 e. The molecule has 0 radical (unpaired) electrons. The van der Waals surface area contributed by atoms with E-state index in [4.69, 9.17) is 10.5 Å². The lowest BCUT2D eigenvalue weighted by Gasteiger charge is -2.54. The second-order valence-corrected chi connectivity index (χ2v) is 6.57. The highest BCUT2D eigenvalue weighted by atomic mass is 32.2. The Balaban J connectivity index is 1.85. The van der Waals surface area contributed by atoms with Crippen molar-refractivity contribution in [2.75, 3.05) is 18.6 Å². The van der Waals surface area contributed by atoms with Crippen LogP contribution in [0.15, 0.2) is 17.6 Å². The topological polar surface area (TPSA) is 136 Å². The number of thioether (sulfide) groups is 1. The van der Waals surface area contributed by atoms with Gasteiger partial charge in [-0.1, -0.05) is 0 Å². The molecule has 1 saturated heterocycles. The lowest BCUT2D eigenvalue weighted by atomic mass is 10.00. The second-order valence-electron chi connectivity index (χ2n) is 4.58. The molecule has 1 aromatic heterocycles. The molecule has 22 heavy (non-hydrogen) atoms. The molecule has 3 rings (SSSR count). The van der Waals surface area contributed by atoms with E-state index in [1.807, 2.05) is 0 Å². The number of fused-ring (bicyclic) bond motifs is 1. The maximum Gasteiger partial charge on any atom is 0.352 e. The molecular weight excluding hydrogens is 332 g/mol. The number of ether oxygens (including phenoxy) is 1. The van der Waals surface area contributed by atoms with E-state index in [9.17, 15) is 14.7 Å². The number of carbonyl (C=O) groups excluding carboxylic acids is 1. The Hall–Kier alpha value is -1.63. The first-order valence-corrected chi connectivity index (χ1v) is 8.09. The molecule has 2 atom stereocenters. The predicted octanol–water partition coefficient (Wildman–Crippen LogP) is -1.28. The van der Waals surface area contributed by atoms with Gasteiger partial charge in [0.2, 0.25) is 5.72 Å². The Morgan fingerprint density at radius 2 is 2.50 bits per heavy atom. The second kappa shape index (κ2) is 5.53. The first-order valence-electron chi connectivity index (χ1n) is 6.10. The van der Waals surface area contributed by atoms with E-state index in [0.717, 1.165) is 0 Å². The van der Waals surface area contributed by atoms with Gasteiger partial charge in [0, 0.05) is 18.6 Å². The number of carboxylic acids is 1. The first kappa shape index (κ1) is 15.3. The molecule has 10 nitrogen and oxygen atoms in total. The molecule has 1 amide bonds. The van der Waals surface area contributed by atoms with Crippen molar-refractivity contribution in [3.05, 3.63) is 17.6 Å². The zero-order valence-electron chi connectivity index (χ0n) is 11.4. The number of carboxylic acid groups (broad SMARTS) is 1. The van der Waals surface area contributed by atoms with E-state index >= 15 is 0 Å². The van der Waals surface area contributed by atoms with E-state index in [1.165, 1.54) is 46.1 Å². The molecule has 1 fully saturated rings. The smallest absolute Gasteiger partial charge is 0.352 e. The maximum atomic E-state index is 12.2. The van der Waals surface area contributed by atoms with Crippen LogP contribution in [0, 0.1) is 0 Å². The molecule has 0 saturated carbocycles. The molecule has 118 valence electrons. The summed E-state index contributed by atoms with van der Waals surface area (Å²) in [5.41, 5.74) is 4.99. The Morgan fingerprint density at radius 1 is 1.73 bits per heavy atom. The largest absolute Gasteiger partial charge is 0.477 e. The summed E-state index contributed by atoms with van der Waals surface area (Å²) in [7, 11) is 1.34. The minimum absolute atomic E-state index is 0.0348. The SMILES string of the molecule is COC1(N)C(=O)N2C(C(=O)O)=C(CSn3cnnn3)CS[C@@H]21. The van der Waals surface area contributed by atoms with E-state index in [0.29, 0.717) is 17.1 Å². The van der Waals surface area contributed by atoms with Gasteiger partial charge < -0.3 is 9.84 Å². The number of carbonyl (C=O) groups is 2. The van der Waals surface area contributed by atoms with Crippen molar-refractivity contribution in [2.45, 2.75) is 11.1 Å². The number of nitrogens with two attached hydrogens (primary N) is 1. The van der Waals surface area contributed by atoms with Crippen LogP contribution in [-0.4, -0.2) is 71.2 Å². The first-order chi connectivity index (χ1) is 10.5. The minimum atomic E-state index is -1.46. The van der Waals surface area contributed by atoms with Crippen molar-refractivity contribution in [1.82, 2.24) is 24.5 Å². The molecule has 3 heterocycles. The van der Waals surface area contributed by atoms with Gasteiger partial charge in [0.25, 0.3) is 5.91 Å². The highest BCUT2D eigenvalue weighted by Crippen LogP contribution is 2.45. The summed E-state index contributed by atoms with van der Waals surface area (Å²) in [5.74, 6) is -0.924. The molecule has 0 aliphatic carbocycles. The van der Waals surface area contributed by atoms with E-state index in [-0.39, 0.29) is 5.70 Å². The average Bonchev–Trinajstić information content (AvgIpc) is 3.03. The maximum absolute atomic E-state index is 12.2. The fourth-order valence-corrected chi connectivity index (χ4v) is 4.51. The van der Waals surface area contributed by atoms with Crippen molar-refractivity contribution in [3.8, 4) is 0 Å². The van der Waals surface area contributed by atoms with Crippen molar-refractivity contribution < 1.29 is 19.4 Å². The third-order valence-corrected chi connectivity index (χ3v) is 5.69. The standard InChI is InChI=1S/C10H12N6O4S2/c1-20-10(11)8(19)16-6(7(17)18)5(2-21-9(10)16)3-22-15-4-12-13-14-15/h4,9H,2-3,11H2,1H3,(H,17,18)/t9-,10?/m1/s1. The number of aromatic nitrogens is 4. The molecule has 3 N–H and O–H groups in total. The van der Waals surface area contributed by atoms with Crippen LogP contribution in [-0.2, 0) is 14.3 Å². The van der Waals surface area contributed by atoms with Crippen molar-refractivity contribution in [2.24, 2.45) is 5.73 Å². The van der Waals surface area contributed by atoms with Gasteiger partial charge in [0.15, 0.2) is 6.33 Å². The fraction of sp³-hybridized carbons (Fsp3) is 0.500. The summed E-state index contributed by atoms with van der Waals surface area (Å²) < 4.78 is 6.47. The molecule has 1 aromatic rings. The summed E-state index contributed by atoms with van der Waals surface area (Å²) in [4.78, 5) is 24.9. The zero-order chi connectivity index (χ0) is 15.9. The van der Waals surface area contributed by atoms with E-state index in [1.54, 1.807) is 0 Å². The summed E-state index contributed by atoms with van der Waals surface area (Å²) in [6.45, 7) is 0. The lowest BCUT2D eigenvalue weighted by Crippen LogP contribution is -2.78. The number of β-lactam (4-membered cyclic amide) rings is 1. The predicted molar refractivity (Wildman–Crippen MR) is 77.4 cm³/mol. The van der Waals surface area contributed by atoms with Gasteiger partial charge in [-0.05, 0) is 27.9 Å². The molecular formula is C10H12N6O4S2. The van der Waals surface area contributed by atoms with Gasteiger partial charge in [0.1, 0.15) is 11.1 Å². The number of methoxy groups -OCH3 is 1. The Morgan fingerprint density at radius 3 is 3.09 bits per heavy atom. The Labute approximate surface area is 133 Å². The molecule has 0 spiro atoms. The van der Waals surface area contributed by atoms with Crippen LogP contribution in [0.4, 0.5) is 0 Å². The number of hydrogen-bond donors (Lipinski definition) is 2. The third kappa shape index (κ3) is 2.18. The van der Waals surface area contributed by atoms with Crippen molar-refractivity contribution in [3.63, 3.8) is 0 Å². The normalized spacial score (nSPS) is 27.6.